The van der Waals surface area contributed by atoms with Crippen LogP contribution in [-0.4, -0.2) is 58.8 Å². The van der Waals surface area contributed by atoms with Gasteiger partial charge in [-0.3, -0.25) is 9.59 Å². The number of carbonyl (C=O) groups is 3. The minimum Gasteiger partial charge on any atom is -0.465 e. The molecule has 33 heavy (non-hydrogen) atoms. The van der Waals surface area contributed by atoms with Crippen molar-refractivity contribution < 1.29 is 19.1 Å². The van der Waals surface area contributed by atoms with E-state index in [4.69, 9.17) is 9.84 Å². The fourth-order valence-electron chi connectivity index (χ4n) is 3.14. The number of esters is 1. The van der Waals surface area contributed by atoms with Gasteiger partial charge in [-0.05, 0) is 38.0 Å². The number of ether oxygens (including phenoxy) is 1. The van der Waals surface area contributed by atoms with E-state index in [-0.39, 0.29) is 31.0 Å². The van der Waals surface area contributed by atoms with E-state index < -0.39 is 12.0 Å². The van der Waals surface area contributed by atoms with Crippen molar-refractivity contribution in [3.05, 3.63) is 41.6 Å². The Kier molecular flexibility index (Phi) is 9.02. The molecule has 0 unspecified atom stereocenters. The van der Waals surface area contributed by atoms with Crippen molar-refractivity contribution >= 4 is 23.7 Å². The summed E-state index contributed by atoms with van der Waals surface area (Å²) >= 11 is 0. The van der Waals surface area contributed by atoms with Crippen LogP contribution in [0.4, 0.5) is 10.6 Å². The summed E-state index contributed by atoms with van der Waals surface area (Å²) in [7, 11) is 0. The molecule has 0 aliphatic heterocycles. The Balaban J connectivity index is 2.19. The molecule has 2 N–H and O–H groups in total. The molecule has 0 radical (unpaired) electrons. The topological polar surface area (TPSA) is 106 Å². The van der Waals surface area contributed by atoms with Crippen LogP contribution in [0.15, 0.2) is 30.3 Å². The first-order valence-electron chi connectivity index (χ1n) is 11.2. The molecule has 0 aliphatic rings. The highest BCUT2D eigenvalue weighted by Gasteiger charge is 2.23. The second kappa shape index (κ2) is 11.5. The molecule has 0 atom stereocenters. The Morgan fingerprint density at radius 1 is 1.15 bits per heavy atom. The molecule has 0 bridgehead atoms. The summed E-state index contributed by atoms with van der Waals surface area (Å²) in [4.78, 5) is 38.3. The lowest BCUT2D eigenvalue weighted by Crippen LogP contribution is -2.46. The number of aryl methyl sites for hydroxylation is 1. The van der Waals surface area contributed by atoms with Gasteiger partial charge in [0.05, 0.1) is 18.0 Å². The molecule has 1 heterocycles. The monoisotopic (exact) mass is 457 g/mol. The molecule has 0 saturated carbocycles. The van der Waals surface area contributed by atoms with Crippen LogP contribution in [0.2, 0.25) is 0 Å². The number of aromatic nitrogens is 2. The number of anilines is 1. The lowest BCUT2D eigenvalue weighted by molar-refractivity contribution is -0.141. The minimum atomic E-state index is -0.525. The van der Waals surface area contributed by atoms with Crippen LogP contribution in [0.25, 0.3) is 5.69 Å². The van der Waals surface area contributed by atoms with Gasteiger partial charge in [-0.25, -0.2) is 9.48 Å². The summed E-state index contributed by atoms with van der Waals surface area (Å²) < 4.78 is 6.53. The molecule has 2 aromatic rings. The van der Waals surface area contributed by atoms with Gasteiger partial charge in [0.15, 0.2) is 0 Å². The molecule has 1 aromatic heterocycles. The summed E-state index contributed by atoms with van der Waals surface area (Å²) in [6.45, 7) is 12.0. The molecule has 9 nitrogen and oxygen atoms in total. The lowest BCUT2D eigenvalue weighted by atomic mass is 9.92. The molecule has 2 rings (SSSR count). The standard InChI is InChI=1S/C24H35N5O4/c1-7-12-28(23(32)25-15-22(31)33-8-2)16-21(30)26-20-14-19(24(4,5)6)27-29(20)18-11-9-10-17(3)13-18/h9-11,13-14H,7-8,12,15-16H2,1-6H3,(H,25,32)(H,26,30). The minimum absolute atomic E-state index is 0.160. The number of urea groups is 1. The lowest BCUT2D eigenvalue weighted by Gasteiger charge is -2.22. The van der Waals surface area contributed by atoms with Crippen LogP contribution in [0.1, 0.15) is 52.3 Å². The van der Waals surface area contributed by atoms with Gasteiger partial charge in [0.25, 0.3) is 0 Å². The summed E-state index contributed by atoms with van der Waals surface area (Å²) in [6.07, 6.45) is 0.662. The van der Waals surface area contributed by atoms with Crippen molar-refractivity contribution in [2.24, 2.45) is 0 Å². The predicted molar refractivity (Wildman–Crippen MR) is 128 cm³/mol. The van der Waals surface area contributed by atoms with Gasteiger partial charge >= 0.3 is 12.0 Å². The van der Waals surface area contributed by atoms with Crippen LogP contribution < -0.4 is 10.6 Å². The maximum atomic E-state index is 12.9. The van der Waals surface area contributed by atoms with Crippen molar-refractivity contribution in [3.8, 4) is 5.69 Å². The van der Waals surface area contributed by atoms with Crippen LogP contribution >= 0.6 is 0 Å². The van der Waals surface area contributed by atoms with Gasteiger partial charge in [0.1, 0.15) is 18.9 Å². The third-order valence-electron chi connectivity index (χ3n) is 4.80. The number of rotatable bonds is 9. The molecule has 0 fully saturated rings. The van der Waals surface area contributed by atoms with E-state index in [0.717, 1.165) is 16.9 Å². The Labute approximate surface area is 195 Å². The Morgan fingerprint density at radius 2 is 1.88 bits per heavy atom. The summed E-state index contributed by atoms with van der Waals surface area (Å²) in [5.74, 6) is -0.355. The van der Waals surface area contributed by atoms with E-state index in [1.54, 1.807) is 11.6 Å². The normalized spacial score (nSPS) is 11.1. The van der Waals surface area contributed by atoms with Gasteiger partial charge in [-0.15, -0.1) is 0 Å². The number of benzene rings is 1. The number of amides is 3. The summed E-state index contributed by atoms with van der Waals surface area (Å²) in [5, 5.41) is 10.1. The predicted octanol–water partition coefficient (Wildman–Crippen LogP) is 3.40. The fraction of sp³-hybridized carbons (Fsp3) is 0.500. The zero-order valence-corrected chi connectivity index (χ0v) is 20.4. The van der Waals surface area contributed by atoms with Crippen molar-refractivity contribution in [3.63, 3.8) is 0 Å². The first-order chi connectivity index (χ1) is 15.5. The van der Waals surface area contributed by atoms with Crippen molar-refractivity contribution in [1.29, 1.82) is 0 Å². The van der Waals surface area contributed by atoms with Crippen LogP contribution in [0.3, 0.4) is 0 Å². The maximum Gasteiger partial charge on any atom is 0.325 e. The number of carbonyl (C=O) groups excluding carboxylic acids is 3. The molecular weight excluding hydrogens is 422 g/mol. The van der Waals surface area contributed by atoms with Crippen LogP contribution in [-0.2, 0) is 19.7 Å². The van der Waals surface area contributed by atoms with Gasteiger partial charge < -0.3 is 20.3 Å². The largest absolute Gasteiger partial charge is 0.465 e. The van der Waals surface area contributed by atoms with Gasteiger partial charge in [0.2, 0.25) is 5.91 Å². The average molecular weight is 458 g/mol. The fourth-order valence-corrected chi connectivity index (χ4v) is 3.14. The average Bonchev–Trinajstić information content (AvgIpc) is 3.16. The smallest absolute Gasteiger partial charge is 0.325 e. The van der Waals surface area contributed by atoms with Gasteiger partial charge in [-0.1, -0.05) is 39.8 Å². The van der Waals surface area contributed by atoms with E-state index in [0.29, 0.717) is 18.8 Å². The molecule has 3 amide bonds. The Bertz CT molecular complexity index is 977. The van der Waals surface area contributed by atoms with Crippen LogP contribution in [0, 0.1) is 6.92 Å². The molecule has 1 aromatic carbocycles. The first kappa shape index (κ1) is 25.9. The number of nitrogens with one attached hydrogen (secondary N) is 2. The highest BCUT2D eigenvalue weighted by atomic mass is 16.5. The highest BCUT2D eigenvalue weighted by molar-refractivity contribution is 5.94. The first-order valence-corrected chi connectivity index (χ1v) is 11.2. The summed E-state index contributed by atoms with van der Waals surface area (Å²) in [5.41, 5.74) is 2.52. The molecule has 0 spiro atoms. The number of nitrogens with zero attached hydrogens (tertiary/aromatic N) is 3. The quantitative estimate of drug-likeness (QED) is 0.562. The van der Waals surface area contributed by atoms with Gasteiger partial charge in [0, 0.05) is 18.0 Å². The molecule has 0 saturated heterocycles. The Hall–Kier alpha value is -3.36. The van der Waals surface area contributed by atoms with E-state index >= 15 is 0 Å². The molecular formula is C24H35N5O4. The van der Waals surface area contributed by atoms with Crippen LogP contribution in [0.5, 0.6) is 0 Å². The number of hydrogen-bond donors (Lipinski definition) is 2. The van der Waals surface area contributed by atoms with E-state index in [1.165, 1.54) is 4.90 Å². The Morgan fingerprint density at radius 3 is 2.48 bits per heavy atom. The van der Waals surface area contributed by atoms with E-state index in [9.17, 15) is 14.4 Å². The van der Waals surface area contributed by atoms with E-state index in [2.05, 4.69) is 31.4 Å². The second-order valence-electron chi connectivity index (χ2n) is 8.85. The third kappa shape index (κ3) is 7.62. The molecule has 0 aliphatic carbocycles. The SMILES string of the molecule is CCCN(CC(=O)Nc1cc(C(C)(C)C)nn1-c1cccc(C)c1)C(=O)NCC(=O)OCC. The zero-order chi connectivity index (χ0) is 24.6. The van der Waals surface area contributed by atoms with E-state index in [1.807, 2.05) is 44.2 Å². The number of hydrogen-bond acceptors (Lipinski definition) is 5. The second-order valence-corrected chi connectivity index (χ2v) is 8.85. The van der Waals surface area contributed by atoms with Gasteiger partial charge in [-0.2, -0.15) is 5.10 Å². The maximum absolute atomic E-state index is 12.9. The highest BCUT2D eigenvalue weighted by Crippen LogP contribution is 2.26. The molecule has 9 heteroatoms. The third-order valence-corrected chi connectivity index (χ3v) is 4.80. The summed E-state index contributed by atoms with van der Waals surface area (Å²) in [6, 6.07) is 9.20. The molecule has 180 valence electrons. The van der Waals surface area contributed by atoms with Crippen molar-refractivity contribution in [2.75, 3.05) is 31.6 Å². The van der Waals surface area contributed by atoms with Crippen molar-refractivity contribution in [1.82, 2.24) is 20.0 Å². The zero-order valence-electron chi connectivity index (χ0n) is 20.4. The van der Waals surface area contributed by atoms with Crippen molar-refractivity contribution in [2.45, 2.75) is 53.4 Å².